The number of hydrogen-bond acceptors (Lipinski definition) is 3. The number of rotatable bonds is 5. The first-order valence-electron chi connectivity index (χ1n) is 9.67. The van der Waals surface area contributed by atoms with Crippen molar-refractivity contribution in [3.05, 3.63) is 90.5 Å². The number of benzene rings is 3. The molecule has 0 atom stereocenters. The molecular weight excluding hydrogens is 362 g/mol. The van der Waals surface area contributed by atoms with Crippen LogP contribution in [0.2, 0.25) is 0 Å². The molecule has 2 amide bonds. The SMILES string of the molecule is O=C1c2cc3ccccc3c(-c3ccccc3)c2C(=O)N1CCCn1ccnc1. The van der Waals surface area contributed by atoms with Crippen LogP contribution in [0.3, 0.4) is 0 Å². The maximum absolute atomic E-state index is 13.3. The van der Waals surface area contributed by atoms with Crippen LogP contribution in [-0.2, 0) is 6.54 Å². The van der Waals surface area contributed by atoms with Gasteiger partial charge in [-0.1, -0.05) is 54.6 Å². The molecule has 0 aliphatic carbocycles. The Labute approximate surface area is 168 Å². The molecule has 0 unspecified atom stereocenters. The zero-order chi connectivity index (χ0) is 19.8. The minimum Gasteiger partial charge on any atom is -0.337 e. The van der Waals surface area contributed by atoms with Crippen LogP contribution in [0.25, 0.3) is 21.9 Å². The lowest BCUT2D eigenvalue weighted by Gasteiger charge is -2.14. The van der Waals surface area contributed by atoms with Gasteiger partial charge in [0.1, 0.15) is 0 Å². The molecule has 0 N–H and O–H groups in total. The van der Waals surface area contributed by atoms with Gasteiger partial charge in [0.15, 0.2) is 0 Å². The number of nitrogens with zero attached hydrogens (tertiary/aromatic N) is 3. The topological polar surface area (TPSA) is 55.2 Å². The van der Waals surface area contributed by atoms with Crippen LogP contribution in [-0.4, -0.2) is 32.8 Å². The zero-order valence-corrected chi connectivity index (χ0v) is 15.8. The first kappa shape index (κ1) is 17.4. The Morgan fingerprint density at radius 3 is 2.41 bits per heavy atom. The van der Waals surface area contributed by atoms with E-state index in [2.05, 4.69) is 4.98 Å². The molecule has 4 aromatic rings. The normalized spacial score (nSPS) is 13.3. The van der Waals surface area contributed by atoms with Crippen molar-refractivity contribution >= 4 is 22.6 Å². The number of carbonyl (C=O) groups excluding carboxylic acids is 2. The van der Waals surface area contributed by atoms with Gasteiger partial charge in [-0.25, -0.2) is 4.98 Å². The molecule has 29 heavy (non-hydrogen) atoms. The first-order chi connectivity index (χ1) is 14.2. The van der Waals surface area contributed by atoms with E-state index < -0.39 is 0 Å². The summed E-state index contributed by atoms with van der Waals surface area (Å²) in [4.78, 5) is 31.8. The van der Waals surface area contributed by atoms with Gasteiger partial charge in [-0.05, 0) is 28.8 Å². The van der Waals surface area contributed by atoms with Crippen LogP contribution in [0.15, 0.2) is 79.4 Å². The summed E-state index contributed by atoms with van der Waals surface area (Å²) in [5.74, 6) is -0.418. The lowest BCUT2D eigenvalue weighted by Crippen LogP contribution is -2.31. The molecule has 1 aliphatic rings. The Hall–Kier alpha value is -3.73. The summed E-state index contributed by atoms with van der Waals surface area (Å²) in [5, 5.41) is 1.95. The van der Waals surface area contributed by atoms with E-state index in [0.717, 1.165) is 21.9 Å². The van der Waals surface area contributed by atoms with Crippen LogP contribution >= 0.6 is 0 Å². The Morgan fingerprint density at radius 1 is 0.828 bits per heavy atom. The van der Waals surface area contributed by atoms with Gasteiger partial charge in [-0.3, -0.25) is 14.5 Å². The molecule has 0 bridgehead atoms. The van der Waals surface area contributed by atoms with Crippen LogP contribution in [0, 0.1) is 0 Å². The molecule has 0 saturated heterocycles. The second kappa shape index (κ2) is 7.02. The Bertz CT molecular complexity index is 1210. The predicted octanol–water partition coefficient (Wildman–Crippen LogP) is 4.39. The molecule has 1 aliphatic heterocycles. The summed E-state index contributed by atoms with van der Waals surface area (Å²) < 4.78 is 1.95. The van der Waals surface area contributed by atoms with Crippen molar-refractivity contribution in [2.45, 2.75) is 13.0 Å². The molecule has 0 fully saturated rings. The molecule has 5 nitrogen and oxygen atoms in total. The van der Waals surface area contributed by atoms with Crippen molar-refractivity contribution in [2.75, 3.05) is 6.54 Å². The fourth-order valence-corrected chi connectivity index (χ4v) is 4.05. The van der Waals surface area contributed by atoms with Crippen molar-refractivity contribution in [2.24, 2.45) is 0 Å². The Balaban J connectivity index is 1.57. The van der Waals surface area contributed by atoms with Crippen molar-refractivity contribution < 1.29 is 9.59 Å². The first-order valence-corrected chi connectivity index (χ1v) is 9.67. The largest absolute Gasteiger partial charge is 0.337 e. The van der Waals surface area contributed by atoms with Crippen molar-refractivity contribution in [3.8, 4) is 11.1 Å². The average Bonchev–Trinajstić information content (AvgIpc) is 3.36. The summed E-state index contributed by atoms with van der Waals surface area (Å²) in [6, 6.07) is 19.6. The summed E-state index contributed by atoms with van der Waals surface area (Å²) in [6.45, 7) is 1.09. The van der Waals surface area contributed by atoms with Crippen molar-refractivity contribution in [1.29, 1.82) is 0 Å². The molecule has 5 heteroatoms. The van der Waals surface area contributed by atoms with Crippen LogP contribution < -0.4 is 0 Å². The molecule has 0 saturated carbocycles. The van der Waals surface area contributed by atoms with Crippen molar-refractivity contribution in [3.63, 3.8) is 0 Å². The number of imide groups is 1. The minimum absolute atomic E-state index is 0.208. The highest BCUT2D eigenvalue weighted by Gasteiger charge is 2.38. The number of amides is 2. The number of carbonyl (C=O) groups is 2. The van der Waals surface area contributed by atoms with Crippen LogP contribution in [0.4, 0.5) is 0 Å². The van der Waals surface area contributed by atoms with Crippen LogP contribution in [0.5, 0.6) is 0 Å². The number of aryl methyl sites for hydroxylation is 1. The number of aromatic nitrogens is 2. The highest BCUT2D eigenvalue weighted by atomic mass is 16.2. The third-order valence-electron chi connectivity index (χ3n) is 5.40. The van der Waals surface area contributed by atoms with E-state index in [1.54, 1.807) is 12.5 Å². The fraction of sp³-hybridized carbons (Fsp3) is 0.125. The van der Waals surface area contributed by atoms with Crippen LogP contribution in [0.1, 0.15) is 27.1 Å². The van der Waals surface area contributed by atoms with E-state index >= 15 is 0 Å². The maximum Gasteiger partial charge on any atom is 0.262 e. The maximum atomic E-state index is 13.3. The molecule has 5 rings (SSSR count). The summed E-state index contributed by atoms with van der Waals surface area (Å²) in [7, 11) is 0. The van der Waals surface area contributed by atoms with E-state index in [-0.39, 0.29) is 11.8 Å². The van der Waals surface area contributed by atoms with E-state index in [0.29, 0.717) is 30.6 Å². The minimum atomic E-state index is -0.210. The highest BCUT2D eigenvalue weighted by Crippen LogP contribution is 2.38. The number of imidazole rings is 1. The van der Waals surface area contributed by atoms with E-state index in [4.69, 9.17) is 0 Å². The molecular formula is C24H19N3O2. The van der Waals surface area contributed by atoms with Gasteiger partial charge in [-0.2, -0.15) is 0 Å². The van der Waals surface area contributed by atoms with Gasteiger partial charge in [0.25, 0.3) is 11.8 Å². The Morgan fingerprint density at radius 2 is 1.62 bits per heavy atom. The quantitative estimate of drug-likeness (QED) is 0.482. The lowest BCUT2D eigenvalue weighted by molar-refractivity contribution is 0.0651. The second-order valence-electron chi connectivity index (χ2n) is 7.18. The van der Waals surface area contributed by atoms with Gasteiger partial charge in [0, 0.05) is 31.0 Å². The summed E-state index contributed by atoms with van der Waals surface area (Å²) >= 11 is 0. The molecule has 0 radical (unpaired) electrons. The molecule has 2 heterocycles. The third-order valence-corrected chi connectivity index (χ3v) is 5.40. The highest BCUT2D eigenvalue weighted by molar-refractivity contribution is 6.27. The van der Waals surface area contributed by atoms with E-state index in [1.807, 2.05) is 71.4 Å². The molecule has 3 aromatic carbocycles. The van der Waals surface area contributed by atoms with Gasteiger partial charge in [-0.15, -0.1) is 0 Å². The Kier molecular flexibility index (Phi) is 4.21. The van der Waals surface area contributed by atoms with Gasteiger partial charge >= 0.3 is 0 Å². The van der Waals surface area contributed by atoms with Gasteiger partial charge in [0.05, 0.1) is 17.5 Å². The summed E-state index contributed by atoms with van der Waals surface area (Å²) in [6.07, 6.45) is 6.02. The number of hydrogen-bond donors (Lipinski definition) is 0. The molecule has 0 spiro atoms. The van der Waals surface area contributed by atoms with E-state index in [9.17, 15) is 9.59 Å². The zero-order valence-electron chi connectivity index (χ0n) is 15.8. The standard InChI is InChI=1S/C24H19N3O2/c28-23-20-15-18-9-4-5-10-19(18)21(17-7-2-1-3-8-17)22(20)24(29)27(23)13-6-12-26-14-11-25-16-26/h1-5,7-11,14-16H,6,12-13H2. The van der Waals surface area contributed by atoms with Gasteiger partial charge in [0.2, 0.25) is 0 Å². The predicted molar refractivity (Wildman–Crippen MR) is 112 cm³/mol. The third kappa shape index (κ3) is 2.91. The van der Waals surface area contributed by atoms with Crippen molar-refractivity contribution in [1.82, 2.24) is 14.5 Å². The van der Waals surface area contributed by atoms with E-state index in [1.165, 1.54) is 4.90 Å². The fourth-order valence-electron chi connectivity index (χ4n) is 4.05. The van der Waals surface area contributed by atoms with Gasteiger partial charge < -0.3 is 4.57 Å². The summed E-state index contributed by atoms with van der Waals surface area (Å²) in [5.41, 5.74) is 2.80. The molecule has 1 aromatic heterocycles. The lowest BCUT2D eigenvalue weighted by atomic mass is 9.90. The average molecular weight is 381 g/mol. The second-order valence-corrected chi connectivity index (χ2v) is 7.18. The smallest absolute Gasteiger partial charge is 0.262 e. The molecule has 142 valence electrons. The monoisotopic (exact) mass is 381 g/mol. The number of fused-ring (bicyclic) bond motifs is 2.